The van der Waals surface area contributed by atoms with Gasteiger partial charge in [-0.2, -0.15) is 0 Å². The number of nitro benzene ring substituents is 1. The number of ether oxygens (including phenoxy) is 1. The highest BCUT2D eigenvalue weighted by molar-refractivity contribution is 5.92. The average Bonchev–Trinajstić information content (AvgIpc) is 3.17. The molecule has 0 bridgehead atoms. The molecule has 1 N–H and O–H groups in total. The first-order valence-electron chi connectivity index (χ1n) is 8.61. The predicted octanol–water partition coefficient (Wildman–Crippen LogP) is 4.14. The van der Waals surface area contributed by atoms with E-state index in [1.807, 2.05) is 24.3 Å². The smallest absolute Gasteiger partial charge is 0.274 e. The summed E-state index contributed by atoms with van der Waals surface area (Å²) in [5.41, 5.74) is 1.63. The van der Waals surface area contributed by atoms with Crippen LogP contribution in [0.4, 0.5) is 11.4 Å². The zero-order chi connectivity index (χ0) is 20.1. The monoisotopic (exact) mass is 381 g/mol. The van der Waals surface area contributed by atoms with Gasteiger partial charge in [-0.1, -0.05) is 18.2 Å². The Hall–Kier alpha value is -3.68. The van der Waals surface area contributed by atoms with Gasteiger partial charge < -0.3 is 14.5 Å². The maximum atomic E-state index is 12.2. The molecule has 1 heterocycles. The van der Waals surface area contributed by atoms with Crippen LogP contribution in [0.25, 0.3) is 11.3 Å². The van der Waals surface area contributed by atoms with Gasteiger partial charge in [0, 0.05) is 24.5 Å². The Balaban J connectivity index is 1.62. The third kappa shape index (κ3) is 4.35. The summed E-state index contributed by atoms with van der Waals surface area (Å²) in [6, 6.07) is 12.0. The van der Waals surface area contributed by atoms with E-state index in [4.69, 9.17) is 9.15 Å². The number of carbonyl (C=O) groups is 1. The highest BCUT2D eigenvalue weighted by atomic mass is 16.6. The predicted molar refractivity (Wildman–Crippen MR) is 103 cm³/mol. The molecule has 0 fully saturated rings. The third-order valence-corrected chi connectivity index (χ3v) is 4.25. The molecule has 0 aliphatic carbocycles. The fourth-order valence-corrected chi connectivity index (χ4v) is 2.73. The summed E-state index contributed by atoms with van der Waals surface area (Å²) in [7, 11) is 1.59. The summed E-state index contributed by atoms with van der Waals surface area (Å²) in [5, 5.41) is 13.7. The Labute approximate surface area is 161 Å². The minimum Gasteiger partial charge on any atom is -0.497 e. The second kappa shape index (κ2) is 8.34. The van der Waals surface area contributed by atoms with Gasteiger partial charge in [-0.15, -0.1) is 0 Å². The topological polar surface area (TPSA) is 108 Å². The second-order valence-corrected chi connectivity index (χ2v) is 6.11. The summed E-state index contributed by atoms with van der Waals surface area (Å²) >= 11 is 0. The summed E-state index contributed by atoms with van der Waals surface area (Å²) in [6.07, 6.45) is 2.05. The average molecular weight is 381 g/mol. The van der Waals surface area contributed by atoms with Gasteiger partial charge in [-0.25, -0.2) is 4.98 Å². The molecule has 8 nitrogen and oxygen atoms in total. The van der Waals surface area contributed by atoms with Gasteiger partial charge >= 0.3 is 0 Å². The molecular formula is C20H19N3O5. The van der Waals surface area contributed by atoms with Crippen LogP contribution in [0.3, 0.4) is 0 Å². The molecule has 3 aromatic rings. The molecule has 0 spiro atoms. The molecule has 0 saturated carbocycles. The molecule has 144 valence electrons. The Bertz CT molecular complexity index is 1010. The third-order valence-electron chi connectivity index (χ3n) is 4.25. The van der Waals surface area contributed by atoms with Crippen LogP contribution in [-0.4, -0.2) is 22.9 Å². The Kier molecular flexibility index (Phi) is 5.69. The number of aryl methyl sites for hydroxylation is 1. The minimum absolute atomic E-state index is 0.0339. The largest absolute Gasteiger partial charge is 0.497 e. The first-order valence-corrected chi connectivity index (χ1v) is 8.61. The van der Waals surface area contributed by atoms with Crippen molar-refractivity contribution in [3.8, 4) is 17.1 Å². The maximum absolute atomic E-state index is 12.2. The molecule has 8 heteroatoms. The van der Waals surface area contributed by atoms with Gasteiger partial charge in [0.1, 0.15) is 5.75 Å². The number of nitro groups is 1. The van der Waals surface area contributed by atoms with Crippen molar-refractivity contribution < 1.29 is 18.9 Å². The Morgan fingerprint density at radius 1 is 1.29 bits per heavy atom. The standard InChI is InChI=1S/C20H19N3O5/c1-13-16(7-4-8-17(13)23(25)26)22-19(24)9-10-20-21-12-18(28-20)14-5-3-6-15(11-14)27-2/h3-8,11-12H,9-10H2,1-2H3,(H,22,24). The molecule has 0 saturated heterocycles. The molecule has 2 aromatic carbocycles. The van der Waals surface area contributed by atoms with Crippen molar-refractivity contribution >= 4 is 17.3 Å². The van der Waals surface area contributed by atoms with Crippen LogP contribution in [0.2, 0.25) is 0 Å². The number of benzene rings is 2. The zero-order valence-corrected chi connectivity index (χ0v) is 15.5. The van der Waals surface area contributed by atoms with E-state index in [0.29, 0.717) is 35.1 Å². The van der Waals surface area contributed by atoms with Gasteiger partial charge in [-0.3, -0.25) is 14.9 Å². The molecule has 0 radical (unpaired) electrons. The number of rotatable bonds is 7. The number of anilines is 1. The van der Waals surface area contributed by atoms with Gasteiger partial charge in [0.2, 0.25) is 5.91 Å². The van der Waals surface area contributed by atoms with Gasteiger partial charge in [0.05, 0.1) is 29.5 Å². The number of methoxy groups -OCH3 is 1. The van der Waals surface area contributed by atoms with E-state index in [0.717, 1.165) is 5.56 Å². The van der Waals surface area contributed by atoms with Crippen molar-refractivity contribution in [3.63, 3.8) is 0 Å². The van der Waals surface area contributed by atoms with Crippen molar-refractivity contribution in [2.24, 2.45) is 0 Å². The summed E-state index contributed by atoms with van der Waals surface area (Å²) in [6.45, 7) is 1.60. The molecule has 3 rings (SSSR count). The van der Waals surface area contributed by atoms with E-state index in [1.54, 1.807) is 26.3 Å². The van der Waals surface area contributed by atoms with E-state index in [-0.39, 0.29) is 18.0 Å². The number of oxazole rings is 1. The lowest BCUT2D eigenvalue weighted by molar-refractivity contribution is -0.385. The van der Waals surface area contributed by atoms with Crippen LogP contribution >= 0.6 is 0 Å². The summed E-state index contributed by atoms with van der Waals surface area (Å²) in [4.78, 5) is 26.9. The number of amides is 1. The maximum Gasteiger partial charge on any atom is 0.274 e. The molecule has 0 aliphatic rings. The van der Waals surface area contributed by atoms with Crippen molar-refractivity contribution in [1.82, 2.24) is 4.98 Å². The lowest BCUT2D eigenvalue weighted by atomic mass is 10.1. The molecule has 1 amide bonds. The first kappa shape index (κ1) is 19.1. The number of hydrogen-bond donors (Lipinski definition) is 1. The van der Waals surface area contributed by atoms with Crippen molar-refractivity contribution in [2.75, 3.05) is 12.4 Å². The number of carbonyl (C=O) groups excluding carboxylic acids is 1. The number of nitrogens with zero attached hydrogens (tertiary/aromatic N) is 2. The van der Waals surface area contributed by atoms with Crippen molar-refractivity contribution in [1.29, 1.82) is 0 Å². The van der Waals surface area contributed by atoms with Gasteiger partial charge in [0.25, 0.3) is 5.69 Å². The van der Waals surface area contributed by atoms with E-state index >= 15 is 0 Å². The van der Waals surface area contributed by atoms with Crippen molar-refractivity contribution in [3.05, 3.63) is 70.2 Å². The van der Waals surface area contributed by atoms with Crippen LogP contribution in [0.1, 0.15) is 17.9 Å². The molecule has 28 heavy (non-hydrogen) atoms. The van der Waals surface area contributed by atoms with Crippen molar-refractivity contribution in [2.45, 2.75) is 19.8 Å². The van der Waals surface area contributed by atoms with E-state index in [2.05, 4.69) is 10.3 Å². The van der Waals surface area contributed by atoms with Crippen LogP contribution < -0.4 is 10.1 Å². The fourth-order valence-electron chi connectivity index (χ4n) is 2.73. The number of nitrogens with one attached hydrogen (secondary N) is 1. The zero-order valence-electron chi connectivity index (χ0n) is 15.5. The summed E-state index contributed by atoms with van der Waals surface area (Å²) < 4.78 is 10.9. The summed E-state index contributed by atoms with van der Waals surface area (Å²) in [5.74, 6) is 1.46. The lowest BCUT2D eigenvalue weighted by Crippen LogP contribution is -2.13. The van der Waals surface area contributed by atoms with Crippen LogP contribution in [0, 0.1) is 17.0 Å². The van der Waals surface area contributed by atoms with Crippen LogP contribution in [0.5, 0.6) is 5.75 Å². The van der Waals surface area contributed by atoms with Gasteiger partial charge in [0.15, 0.2) is 11.7 Å². The second-order valence-electron chi connectivity index (χ2n) is 6.11. The normalized spacial score (nSPS) is 10.5. The fraction of sp³-hybridized carbons (Fsp3) is 0.200. The SMILES string of the molecule is COc1cccc(-c2cnc(CCC(=O)Nc3cccc([N+](=O)[O-])c3C)o2)c1. The number of hydrogen-bond acceptors (Lipinski definition) is 6. The van der Waals surface area contributed by atoms with Crippen LogP contribution in [-0.2, 0) is 11.2 Å². The molecule has 0 aliphatic heterocycles. The highest BCUT2D eigenvalue weighted by Gasteiger charge is 2.15. The first-order chi connectivity index (χ1) is 13.5. The van der Waals surface area contributed by atoms with Gasteiger partial charge in [-0.05, 0) is 25.1 Å². The quantitative estimate of drug-likeness (QED) is 0.487. The molecule has 1 aromatic heterocycles. The Morgan fingerprint density at radius 2 is 2.07 bits per heavy atom. The highest BCUT2D eigenvalue weighted by Crippen LogP contribution is 2.26. The Morgan fingerprint density at radius 3 is 2.82 bits per heavy atom. The lowest BCUT2D eigenvalue weighted by Gasteiger charge is -2.08. The van der Waals surface area contributed by atoms with E-state index < -0.39 is 4.92 Å². The van der Waals surface area contributed by atoms with E-state index in [9.17, 15) is 14.9 Å². The number of aromatic nitrogens is 1. The molecule has 0 unspecified atom stereocenters. The van der Waals surface area contributed by atoms with E-state index in [1.165, 1.54) is 12.1 Å². The minimum atomic E-state index is -0.474. The molecule has 0 atom stereocenters. The van der Waals surface area contributed by atoms with Crippen LogP contribution in [0.15, 0.2) is 53.1 Å². The molecular weight excluding hydrogens is 362 g/mol.